The Labute approximate surface area is 91.9 Å². The van der Waals surface area contributed by atoms with Crippen molar-refractivity contribution in [3.8, 4) is 0 Å². The summed E-state index contributed by atoms with van der Waals surface area (Å²) in [6.07, 6.45) is 3.85. The first kappa shape index (κ1) is 10.7. The molecule has 2 heteroatoms. The van der Waals surface area contributed by atoms with Crippen molar-refractivity contribution in [2.45, 2.75) is 38.8 Å². The van der Waals surface area contributed by atoms with Gasteiger partial charge in [0.15, 0.2) is 0 Å². The summed E-state index contributed by atoms with van der Waals surface area (Å²) < 4.78 is 0. The van der Waals surface area contributed by atoms with Gasteiger partial charge >= 0.3 is 0 Å². The van der Waals surface area contributed by atoms with Gasteiger partial charge in [-0.05, 0) is 42.9 Å². The first-order chi connectivity index (χ1) is 7.29. The number of hydrogen-bond acceptors (Lipinski definition) is 2. The normalized spacial score (nSPS) is 16.4. The molecule has 0 saturated heterocycles. The van der Waals surface area contributed by atoms with E-state index in [1.165, 1.54) is 24.8 Å². The summed E-state index contributed by atoms with van der Waals surface area (Å²) in [6, 6.07) is 7.27. The summed E-state index contributed by atoms with van der Waals surface area (Å²) >= 11 is 0. The average molecular weight is 204 g/mol. The van der Waals surface area contributed by atoms with Gasteiger partial charge in [-0.15, -0.1) is 0 Å². The van der Waals surface area contributed by atoms with E-state index in [-0.39, 0.29) is 0 Å². The van der Waals surface area contributed by atoms with Gasteiger partial charge in [0.2, 0.25) is 0 Å². The molecule has 1 aromatic rings. The molecule has 0 fully saturated rings. The third-order valence-electron chi connectivity index (χ3n) is 3.17. The Bertz CT molecular complexity index is 333. The summed E-state index contributed by atoms with van der Waals surface area (Å²) in [7, 11) is 0. The van der Waals surface area contributed by atoms with Crippen molar-refractivity contribution in [3.63, 3.8) is 0 Å². The minimum Gasteiger partial charge on any atom is -0.329 e. The molecule has 1 aromatic carbocycles. The first-order valence-corrected chi connectivity index (χ1v) is 5.83. The van der Waals surface area contributed by atoms with E-state index >= 15 is 0 Å². The molecule has 1 aliphatic carbocycles. The Kier molecular flexibility index (Phi) is 3.39. The number of fused-ring (bicyclic) bond motifs is 1. The van der Waals surface area contributed by atoms with E-state index < -0.39 is 0 Å². The fraction of sp³-hybridized carbons (Fsp3) is 0.538. The first-order valence-electron chi connectivity index (χ1n) is 5.83. The maximum atomic E-state index is 5.56. The van der Waals surface area contributed by atoms with Crippen molar-refractivity contribution < 1.29 is 0 Å². The van der Waals surface area contributed by atoms with Crippen LogP contribution in [0.1, 0.15) is 30.0 Å². The van der Waals surface area contributed by atoms with Crippen molar-refractivity contribution in [2.24, 2.45) is 5.73 Å². The van der Waals surface area contributed by atoms with Crippen LogP contribution in [-0.2, 0) is 19.4 Å². The van der Waals surface area contributed by atoms with E-state index in [2.05, 4.69) is 30.4 Å². The zero-order valence-corrected chi connectivity index (χ0v) is 9.42. The summed E-state index contributed by atoms with van der Waals surface area (Å²) in [4.78, 5) is 0. The lowest BCUT2D eigenvalue weighted by atomic mass is 10.1. The van der Waals surface area contributed by atoms with Crippen LogP contribution in [0.2, 0.25) is 0 Å². The van der Waals surface area contributed by atoms with Gasteiger partial charge < -0.3 is 11.1 Å². The zero-order chi connectivity index (χ0) is 10.7. The summed E-state index contributed by atoms with van der Waals surface area (Å²) in [5.41, 5.74) is 10.0. The van der Waals surface area contributed by atoms with Crippen molar-refractivity contribution in [2.75, 3.05) is 6.54 Å². The Morgan fingerprint density at radius 2 is 2.13 bits per heavy atom. The second-order valence-electron chi connectivity index (χ2n) is 4.47. The minimum absolute atomic E-state index is 0.401. The van der Waals surface area contributed by atoms with Crippen molar-refractivity contribution in [1.82, 2.24) is 5.32 Å². The van der Waals surface area contributed by atoms with Gasteiger partial charge in [-0.2, -0.15) is 0 Å². The van der Waals surface area contributed by atoms with Crippen LogP contribution in [0.25, 0.3) is 0 Å². The van der Waals surface area contributed by atoms with Crippen LogP contribution < -0.4 is 11.1 Å². The highest BCUT2D eigenvalue weighted by molar-refractivity contribution is 5.35. The lowest BCUT2D eigenvalue weighted by Crippen LogP contribution is -2.32. The molecule has 15 heavy (non-hydrogen) atoms. The second-order valence-corrected chi connectivity index (χ2v) is 4.47. The fourth-order valence-electron chi connectivity index (χ4n) is 2.11. The topological polar surface area (TPSA) is 38.0 Å². The molecule has 0 heterocycles. The summed E-state index contributed by atoms with van der Waals surface area (Å²) in [5, 5.41) is 3.41. The number of hydrogen-bond donors (Lipinski definition) is 2. The van der Waals surface area contributed by atoms with Crippen LogP contribution >= 0.6 is 0 Å². The molecule has 0 saturated carbocycles. The molecule has 0 bridgehead atoms. The van der Waals surface area contributed by atoms with Gasteiger partial charge in [-0.25, -0.2) is 0 Å². The Morgan fingerprint density at radius 3 is 2.93 bits per heavy atom. The highest BCUT2D eigenvalue weighted by Crippen LogP contribution is 2.22. The molecule has 0 aliphatic heterocycles. The smallest absolute Gasteiger partial charge is 0.0208 e. The third-order valence-corrected chi connectivity index (χ3v) is 3.17. The molecule has 2 rings (SSSR count). The maximum Gasteiger partial charge on any atom is 0.0208 e. The molecule has 0 radical (unpaired) electrons. The molecule has 2 nitrogen and oxygen atoms in total. The molecule has 82 valence electrons. The predicted molar refractivity (Wildman–Crippen MR) is 63.8 cm³/mol. The lowest BCUT2D eigenvalue weighted by Gasteiger charge is -2.11. The zero-order valence-electron chi connectivity index (χ0n) is 9.42. The van der Waals surface area contributed by atoms with Gasteiger partial charge in [0, 0.05) is 19.1 Å². The van der Waals surface area contributed by atoms with Crippen LogP contribution in [0.4, 0.5) is 0 Å². The Balaban J connectivity index is 1.98. The standard InChI is InChI=1S/C13H20N2/c1-10(8-14)15-9-11-5-6-12-3-2-4-13(12)7-11/h5-7,10,15H,2-4,8-9,14H2,1H3/t10-/m0/s1. The molecule has 1 atom stereocenters. The molecular formula is C13H20N2. The monoisotopic (exact) mass is 204 g/mol. The number of aryl methyl sites for hydroxylation is 2. The van der Waals surface area contributed by atoms with Crippen LogP contribution in [-0.4, -0.2) is 12.6 Å². The van der Waals surface area contributed by atoms with E-state index in [1.54, 1.807) is 11.1 Å². The van der Waals surface area contributed by atoms with Gasteiger partial charge in [-0.3, -0.25) is 0 Å². The number of benzene rings is 1. The lowest BCUT2D eigenvalue weighted by molar-refractivity contribution is 0.556. The number of rotatable bonds is 4. The van der Waals surface area contributed by atoms with E-state index in [1.807, 2.05) is 0 Å². The quantitative estimate of drug-likeness (QED) is 0.782. The molecule has 0 amide bonds. The molecule has 0 spiro atoms. The third kappa shape index (κ3) is 2.58. The average Bonchev–Trinajstić information content (AvgIpc) is 2.72. The number of nitrogens with two attached hydrogens (primary N) is 1. The number of nitrogens with one attached hydrogen (secondary N) is 1. The van der Waals surface area contributed by atoms with E-state index in [0.29, 0.717) is 12.6 Å². The van der Waals surface area contributed by atoms with Crippen molar-refractivity contribution in [3.05, 3.63) is 34.9 Å². The SMILES string of the molecule is C[C@@H](CN)NCc1ccc2c(c1)CCC2. The van der Waals surface area contributed by atoms with E-state index in [4.69, 9.17) is 5.73 Å². The largest absolute Gasteiger partial charge is 0.329 e. The highest BCUT2D eigenvalue weighted by atomic mass is 14.9. The van der Waals surface area contributed by atoms with Crippen LogP contribution in [0.5, 0.6) is 0 Å². The van der Waals surface area contributed by atoms with Gasteiger partial charge in [0.1, 0.15) is 0 Å². The fourth-order valence-corrected chi connectivity index (χ4v) is 2.11. The van der Waals surface area contributed by atoms with Crippen LogP contribution in [0, 0.1) is 0 Å². The van der Waals surface area contributed by atoms with Crippen LogP contribution in [0.3, 0.4) is 0 Å². The van der Waals surface area contributed by atoms with Crippen molar-refractivity contribution in [1.29, 1.82) is 0 Å². The summed E-state index contributed by atoms with van der Waals surface area (Å²) in [6.45, 7) is 3.75. The highest BCUT2D eigenvalue weighted by Gasteiger charge is 2.10. The molecule has 1 aliphatic rings. The van der Waals surface area contributed by atoms with Gasteiger partial charge in [0.25, 0.3) is 0 Å². The Hall–Kier alpha value is -0.860. The molecular weight excluding hydrogens is 184 g/mol. The predicted octanol–water partition coefficient (Wildman–Crippen LogP) is 1.61. The Morgan fingerprint density at radius 1 is 1.33 bits per heavy atom. The second kappa shape index (κ2) is 4.77. The minimum atomic E-state index is 0.401. The maximum absolute atomic E-state index is 5.56. The molecule has 0 aromatic heterocycles. The van der Waals surface area contributed by atoms with Gasteiger partial charge in [0.05, 0.1) is 0 Å². The van der Waals surface area contributed by atoms with Crippen molar-refractivity contribution >= 4 is 0 Å². The van der Waals surface area contributed by atoms with Crippen LogP contribution in [0.15, 0.2) is 18.2 Å². The van der Waals surface area contributed by atoms with E-state index in [9.17, 15) is 0 Å². The molecule has 3 N–H and O–H groups in total. The summed E-state index contributed by atoms with van der Waals surface area (Å²) in [5.74, 6) is 0. The van der Waals surface area contributed by atoms with Gasteiger partial charge in [-0.1, -0.05) is 18.2 Å². The van der Waals surface area contributed by atoms with E-state index in [0.717, 1.165) is 6.54 Å². The molecule has 0 unspecified atom stereocenters.